The van der Waals surface area contributed by atoms with Crippen LogP contribution in [0.4, 0.5) is 10.1 Å². The first-order valence-corrected chi connectivity index (χ1v) is 5.57. The van der Waals surface area contributed by atoms with Crippen LogP contribution in [0, 0.1) is 22.6 Å². The molecule has 0 radical (unpaired) electrons. The number of hydrogen-bond donors (Lipinski definition) is 2. The molecule has 18 heavy (non-hydrogen) atoms. The summed E-state index contributed by atoms with van der Waals surface area (Å²) in [6.07, 6.45) is 0. The zero-order chi connectivity index (χ0) is 13.8. The van der Waals surface area contributed by atoms with E-state index < -0.39 is 11.2 Å². The van der Waals surface area contributed by atoms with Crippen LogP contribution in [0.2, 0.25) is 0 Å². The predicted octanol–water partition coefficient (Wildman–Crippen LogP) is 1.88. The molecule has 96 valence electrons. The Bertz CT molecular complexity index is 491. The average molecular weight is 249 g/mol. The zero-order valence-electron chi connectivity index (χ0n) is 10.7. The monoisotopic (exact) mass is 249 g/mol. The molecule has 0 heterocycles. The first-order valence-electron chi connectivity index (χ1n) is 5.57. The fraction of sp³-hybridized carbons (Fsp3) is 0.385. The molecule has 0 aliphatic rings. The van der Waals surface area contributed by atoms with E-state index in [-0.39, 0.29) is 11.5 Å². The standard InChI is InChI=1S/C13H16FN3O/c1-13(2,12(18)16-3)8-17-11-6-4-5-10(14)9(11)7-15/h4-6,17H,8H2,1-3H3,(H,16,18). The van der Waals surface area contributed by atoms with Crippen molar-refractivity contribution in [3.63, 3.8) is 0 Å². The van der Waals surface area contributed by atoms with Gasteiger partial charge in [-0.25, -0.2) is 4.39 Å². The van der Waals surface area contributed by atoms with Gasteiger partial charge < -0.3 is 10.6 Å². The van der Waals surface area contributed by atoms with Crippen LogP contribution in [0.25, 0.3) is 0 Å². The van der Waals surface area contributed by atoms with E-state index in [1.54, 1.807) is 33.0 Å². The van der Waals surface area contributed by atoms with Gasteiger partial charge in [0.25, 0.3) is 0 Å². The molecule has 0 spiro atoms. The van der Waals surface area contributed by atoms with Gasteiger partial charge in [0.1, 0.15) is 17.4 Å². The minimum absolute atomic E-state index is 0.0368. The van der Waals surface area contributed by atoms with Crippen LogP contribution in [0.3, 0.4) is 0 Å². The quantitative estimate of drug-likeness (QED) is 0.856. The van der Waals surface area contributed by atoms with E-state index in [4.69, 9.17) is 5.26 Å². The third-order valence-electron chi connectivity index (χ3n) is 2.69. The summed E-state index contributed by atoms with van der Waals surface area (Å²) in [5.74, 6) is -0.690. The second kappa shape index (κ2) is 5.50. The number of carbonyl (C=O) groups is 1. The van der Waals surface area contributed by atoms with Gasteiger partial charge in [0.15, 0.2) is 0 Å². The van der Waals surface area contributed by atoms with Crippen molar-refractivity contribution in [3.8, 4) is 6.07 Å². The molecule has 0 unspecified atom stereocenters. The van der Waals surface area contributed by atoms with Gasteiger partial charge in [0.05, 0.1) is 11.1 Å². The molecule has 0 aliphatic carbocycles. The molecule has 0 fully saturated rings. The second-order valence-corrected chi connectivity index (χ2v) is 4.59. The lowest BCUT2D eigenvalue weighted by atomic mass is 9.92. The fourth-order valence-corrected chi connectivity index (χ4v) is 1.52. The van der Waals surface area contributed by atoms with Crippen molar-refractivity contribution in [1.29, 1.82) is 5.26 Å². The Morgan fingerprint density at radius 1 is 1.50 bits per heavy atom. The molecule has 1 aromatic carbocycles. The molecule has 0 atom stereocenters. The van der Waals surface area contributed by atoms with Crippen LogP contribution in [0.5, 0.6) is 0 Å². The Labute approximate surface area is 106 Å². The first kappa shape index (κ1) is 14.0. The number of rotatable bonds is 4. The van der Waals surface area contributed by atoms with Gasteiger partial charge in [-0.05, 0) is 26.0 Å². The zero-order valence-corrected chi connectivity index (χ0v) is 10.7. The molecular weight excluding hydrogens is 233 g/mol. The van der Waals surface area contributed by atoms with Gasteiger partial charge in [0.2, 0.25) is 5.91 Å². The Hall–Kier alpha value is -2.09. The van der Waals surface area contributed by atoms with E-state index in [0.717, 1.165) is 0 Å². The maximum absolute atomic E-state index is 13.4. The maximum atomic E-state index is 13.4. The lowest BCUT2D eigenvalue weighted by molar-refractivity contribution is -0.128. The minimum Gasteiger partial charge on any atom is -0.383 e. The Kier molecular flexibility index (Phi) is 4.27. The Morgan fingerprint density at radius 3 is 2.72 bits per heavy atom. The summed E-state index contributed by atoms with van der Waals surface area (Å²) in [5, 5.41) is 14.4. The minimum atomic E-state index is -0.645. The number of anilines is 1. The lowest BCUT2D eigenvalue weighted by Gasteiger charge is -2.23. The predicted molar refractivity (Wildman–Crippen MR) is 67.5 cm³/mol. The SMILES string of the molecule is CNC(=O)C(C)(C)CNc1cccc(F)c1C#N. The fourth-order valence-electron chi connectivity index (χ4n) is 1.52. The molecule has 1 rings (SSSR count). The van der Waals surface area contributed by atoms with Gasteiger partial charge in [-0.1, -0.05) is 6.07 Å². The van der Waals surface area contributed by atoms with Crippen molar-refractivity contribution in [3.05, 3.63) is 29.6 Å². The molecule has 0 aromatic heterocycles. The largest absolute Gasteiger partial charge is 0.383 e. The van der Waals surface area contributed by atoms with E-state index in [9.17, 15) is 9.18 Å². The molecule has 0 saturated carbocycles. The van der Waals surface area contributed by atoms with Crippen LogP contribution in [-0.2, 0) is 4.79 Å². The number of amides is 1. The number of benzene rings is 1. The van der Waals surface area contributed by atoms with E-state index in [1.165, 1.54) is 12.1 Å². The van der Waals surface area contributed by atoms with Gasteiger partial charge in [-0.15, -0.1) is 0 Å². The topological polar surface area (TPSA) is 64.9 Å². The smallest absolute Gasteiger partial charge is 0.227 e. The molecule has 0 aliphatic heterocycles. The number of nitriles is 1. The third-order valence-corrected chi connectivity index (χ3v) is 2.69. The second-order valence-electron chi connectivity index (χ2n) is 4.59. The number of nitrogens with zero attached hydrogens (tertiary/aromatic N) is 1. The van der Waals surface area contributed by atoms with Crippen molar-refractivity contribution in [1.82, 2.24) is 5.32 Å². The molecule has 1 aromatic rings. The van der Waals surface area contributed by atoms with Crippen molar-refractivity contribution < 1.29 is 9.18 Å². The summed E-state index contributed by atoms with van der Waals surface area (Å²) in [6.45, 7) is 3.85. The van der Waals surface area contributed by atoms with Crippen LogP contribution in [0.1, 0.15) is 19.4 Å². The molecule has 5 heteroatoms. The maximum Gasteiger partial charge on any atom is 0.227 e. The van der Waals surface area contributed by atoms with Crippen molar-refractivity contribution in [2.24, 2.45) is 5.41 Å². The molecule has 1 amide bonds. The van der Waals surface area contributed by atoms with E-state index in [2.05, 4.69) is 10.6 Å². The highest BCUT2D eigenvalue weighted by Gasteiger charge is 2.26. The summed E-state index contributed by atoms with van der Waals surface area (Å²) >= 11 is 0. The Morgan fingerprint density at radius 2 is 2.17 bits per heavy atom. The van der Waals surface area contributed by atoms with E-state index in [0.29, 0.717) is 12.2 Å². The van der Waals surface area contributed by atoms with E-state index in [1.807, 2.05) is 0 Å². The summed E-state index contributed by atoms with van der Waals surface area (Å²) in [4.78, 5) is 11.6. The molecule has 0 bridgehead atoms. The van der Waals surface area contributed by atoms with Crippen LogP contribution in [-0.4, -0.2) is 19.5 Å². The third kappa shape index (κ3) is 2.98. The number of carbonyl (C=O) groups excluding carboxylic acids is 1. The van der Waals surface area contributed by atoms with Crippen LogP contribution < -0.4 is 10.6 Å². The van der Waals surface area contributed by atoms with Gasteiger partial charge in [-0.2, -0.15) is 5.26 Å². The van der Waals surface area contributed by atoms with Crippen LogP contribution in [0.15, 0.2) is 18.2 Å². The van der Waals surface area contributed by atoms with Gasteiger partial charge in [-0.3, -0.25) is 4.79 Å². The molecule has 0 saturated heterocycles. The van der Waals surface area contributed by atoms with Crippen molar-refractivity contribution in [2.45, 2.75) is 13.8 Å². The summed E-state index contributed by atoms with van der Waals surface area (Å²) in [6, 6.07) is 6.17. The molecule has 4 nitrogen and oxygen atoms in total. The van der Waals surface area contributed by atoms with Gasteiger partial charge >= 0.3 is 0 Å². The number of nitrogens with one attached hydrogen (secondary N) is 2. The summed E-state index contributed by atoms with van der Waals surface area (Å²) < 4.78 is 13.4. The van der Waals surface area contributed by atoms with Crippen LogP contribution >= 0.6 is 0 Å². The highest BCUT2D eigenvalue weighted by atomic mass is 19.1. The highest BCUT2D eigenvalue weighted by Crippen LogP contribution is 2.21. The number of halogens is 1. The lowest BCUT2D eigenvalue weighted by Crippen LogP contribution is -2.39. The first-order chi connectivity index (χ1) is 8.42. The average Bonchev–Trinajstić information content (AvgIpc) is 2.35. The normalized spacial score (nSPS) is 10.6. The summed E-state index contributed by atoms with van der Waals surface area (Å²) in [7, 11) is 1.56. The highest BCUT2D eigenvalue weighted by molar-refractivity contribution is 5.82. The van der Waals surface area contributed by atoms with E-state index >= 15 is 0 Å². The molecule has 2 N–H and O–H groups in total. The summed E-state index contributed by atoms with van der Waals surface area (Å²) in [5.41, 5.74) is -0.284. The molecular formula is C13H16FN3O. The van der Waals surface area contributed by atoms with Gasteiger partial charge in [0, 0.05) is 13.6 Å². The van der Waals surface area contributed by atoms with Crippen molar-refractivity contribution >= 4 is 11.6 Å². The number of hydrogen-bond acceptors (Lipinski definition) is 3. The van der Waals surface area contributed by atoms with Crippen molar-refractivity contribution in [2.75, 3.05) is 18.9 Å². The Balaban J connectivity index is 2.85.